The number of nitrogens with one attached hydrogen (secondary N) is 1. The van der Waals surface area contributed by atoms with Crippen LogP contribution in [-0.4, -0.2) is 24.9 Å². The third-order valence-corrected chi connectivity index (χ3v) is 6.50. The Morgan fingerprint density at radius 2 is 0.872 bits per heavy atom. The van der Waals surface area contributed by atoms with Crippen molar-refractivity contribution in [1.29, 1.82) is 0 Å². The lowest BCUT2D eigenvalue weighted by Gasteiger charge is -2.33. The molecule has 0 amide bonds. The summed E-state index contributed by atoms with van der Waals surface area (Å²) in [6, 6.07) is 40.7. The SMILES string of the molecule is CC[C@@H](OCc1ccccc1)[C@H](OCc1ccccc1)[C@@H](CNOCc1ccccc1)OCc1ccccc1. The molecule has 0 heterocycles. The normalized spacial score (nSPS) is 13.6. The zero-order valence-corrected chi connectivity index (χ0v) is 22.7. The van der Waals surface area contributed by atoms with E-state index < -0.39 is 0 Å². The molecule has 0 saturated heterocycles. The van der Waals surface area contributed by atoms with Crippen LogP contribution in [0.25, 0.3) is 0 Å². The molecule has 0 aliphatic carbocycles. The quantitative estimate of drug-likeness (QED) is 0.120. The van der Waals surface area contributed by atoms with Gasteiger partial charge in [-0.15, -0.1) is 0 Å². The van der Waals surface area contributed by atoms with Crippen molar-refractivity contribution in [2.24, 2.45) is 0 Å². The summed E-state index contributed by atoms with van der Waals surface area (Å²) in [5.74, 6) is 0. The monoisotopic (exact) mass is 525 g/mol. The van der Waals surface area contributed by atoms with E-state index in [-0.39, 0.29) is 18.3 Å². The summed E-state index contributed by atoms with van der Waals surface area (Å²) < 4.78 is 19.6. The molecule has 4 aromatic rings. The Hall–Kier alpha value is -3.32. The second-order valence-electron chi connectivity index (χ2n) is 9.46. The van der Waals surface area contributed by atoms with Gasteiger partial charge in [0.05, 0.1) is 39.1 Å². The first-order chi connectivity index (χ1) is 19.3. The molecule has 5 nitrogen and oxygen atoms in total. The first-order valence-corrected chi connectivity index (χ1v) is 13.7. The molecule has 4 rings (SSSR count). The number of ether oxygens (including phenoxy) is 3. The van der Waals surface area contributed by atoms with E-state index in [1.54, 1.807) is 0 Å². The van der Waals surface area contributed by atoms with Gasteiger partial charge in [0.25, 0.3) is 0 Å². The molecule has 5 heteroatoms. The molecular formula is C34H39NO4. The van der Waals surface area contributed by atoms with E-state index in [2.05, 4.69) is 48.8 Å². The highest BCUT2D eigenvalue weighted by Gasteiger charge is 2.31. The molecule has 0 bridgehead atoms. The lowest BCUT2D eigenvalue weighted by molar-refractivity contribution is -0.159. The van der Waals surface area contributed by atoms with E-state index in [1.807, 2.05) is 84.9 Å². The van der Waals surface area contributed by atoms with Crippen LogP contribution >= 0.6 is 0 Å². The summed E-state index contributed by atoms with van der Waals surface area (Å²) in [5.41, 5.74) is 7.58. The highest BCUT2D eigenvalue weighted by molar-refractivity contribution is 5.16. The fraction of sp³-hybridized carbons (Fsp3) is 0.294. The molecule has 0 saturated carbocycles. The predicted octanol–water partition coefficient (Wildman–Crippen LogP) is 6.87. The minimum absolute atomic E-state index is 0.175. The van der Waals surface area contributed by atoms with E-state index in [4.69, 9.17) is 19.0 Å². The highest BCUT2D eigenvalue weighted by Crippen LogP contribution is 2.20. The number of benzene rings is 4. The van der Waals surface area contributed by atoms with Crippen LogP contribution in [0.4, 0.5) is 0 Å². The van der Waals surface area contributed by atoms with Gasteiger partial charge in [-0.05, 0) is 28.7 Å². The van der Waals surface area contributed by atoms with Gasteiger partial charge in [0.15, 0.2) is 0 Å². The van der Waals surface area contributed by atoms with E-state index >= 15 is 0 Å². The molecule has 3 atom stereocenters. The van der Waals surface area contributed by atoms with Crippen LogP contribution in [0.3, 0.4) is 0 Å². The van der Waals surface area contributed by atoms with Crippen molar-refractivity contribution in [1.82, 2.24) is 5.48 Å². The van der Waals surface area contributed by atoms with Gasteiger partial charge in [0.2, 0.25) is 0 Å². The van der Waals surface area contributed by atoms with E-state index in [1.165, 1.54) is 0 Å². The smallest absolute Gasteiger partial charge is 0.112 e. The van der Waals surface area contributed by atoms with Crippen LogP contribution in [0.1, 0.15) is 35.6 Å². The molecule has 0 aliphatic rings. The van der Waals surface area contributed by atoms with Crippen LogP contribution in [-0.2, 0) is 45.5 Å². The Morgan fingerprint density at radius 3 is 1.31 bits per heavy atom. The van der Waals surface area contributed by atoms with Gasteiger partial charge in [-0.3, -0.25) is 4.84 Å². The molecule has 1 N–H and O–H groups in total. The van der Waals surface area contributed by atoms with Crippen molar-refractivity contribution >= 4 is 0 Å². The summed E-state index contributed by atoms with van der Waals surface area (Å²) in [7, 11) is 0. The van der Waals surface area contributed by atoms with Gasteiger partial charge in [0, 0.05) is 0 Å². The van der Waals surface area contributed by atoms with Crippen LogP contribution in [0.15, 0.2) is 121 Å². The largest absolute Gasteiger partial charge is 0.371 e. The topological polar surface area (TPSA) is 49.0 Å². The summed E-state index contributed by atoms with van der Waals surface area (Å²) in [6.07, 6.45) is -0.0333. The lowest BCUT2D eigenvalue weighted by Crippen LogP contribution is -2.47. The van der Waals surface area contributed by atoms with Gasteiger partial charge >= 0.3 is 0 Å². The number of hydrogen-bond donors (Lipinski definition) is 1. The first-order valence-electron chi connectivity index (χ1n) is 13.7. The van der Waals surface area contributed by atoms with Crippen LogP contribution in [0.5, 0.6) is 0 Å². The van der Waals surface area contributed by atoms with E-state index in [9.17, 15) is 0 Å². The molecular weight excluding hydrogens is 486 g/mol. The summed E-state index contributed by atoms with van der Waals surface area (Å²) in [4.78, 5) is 5.83. The van der Waals surface area contributed by atoms with Crippen molar-refractivity contribution in [3.8, 4) is 0 Å². The van der Waals surface area contributed by atoms with E-state index in [0.717, 1.165) is 28.7 Å². The van der Waals surface area contributed by atoms with Crippen molar-refractivity contribution in [2.45, 2.75) is 58.1 Å². The zero-order valence-electron chi connectivity index (χ0n) is 22.7. The van der Waals surface area contributed by atoms with Gasteiger partial charge in [-0.2, -0.15) is 5.48 Å². The minimum Gasteiger partial charge on any atom is -0.371 e. The molecule has 0 radical (unpaired) electrons. The molecule has 39 heavy (non-hydrogen) atoms. The standard InChI is InChI=1S/C34H39NO4/c1-2-32(36-24-28-15-7-3-8-16-28)34(38-26-30-19-11-5-12-20-30)33(37-25-29-17-9-4-10-18-29)23-35-39-27-31-21-13-6-14-22-31/h3-22,32-35H,2,23-27H2,1H3/t32-,33-,34+/m1/s1. The second-order valence-corrected chi connectivity index (χ2v) is 9.46. The van der Waals surface area contributed by atoms with Crippen molar-refractivity contribution in [3.63, 3.8) is 0 Å². The Kier molecular flexibility index (Phi) is 12.2. The lowest BCUT2D eigenvalue weighted by atomic mass is 10.0. The average Bonchev–Trinajstić information content (AvgIpc) is 3.01. The Bertz CT molecular complexity index is 1160. The van der Waals surface area contributed by atoms with Gasteiger partial charge in [0.1, 0.15) is 12.2 Å². The third-order valence-electron chi connectivity index (χ3n) is 6.50. The van der Waals surface area contributed by atoms with Crippen molar-refractivity contribution < 1.29 is 19.0 Å². The summed E-state index contributed by atoms with van der Waals surface area (Å²) >= 11 is 0. The van der Waals surface area contributed by atoms with Crippen LogP contribution in [0, 0.1) is 0 Å². The molecule has 204 valence electrons. The van der Waals surface area contributed by atoms with Gasteiger partial charge in [-0.1, -0.05) is 128 Å². The maximum absolute atomic E-state index is 6.59. The predicted molar refractivity (Wildman–Crippen MR) is 155 cm³/mol. The van der Waals surface area contributed by atoms with Crippen LogP contribution in [0.2, 0.25) is 0 Å². The third kappa shape index (κ3) is 10.1. The molecule has 0 spiro atoms. The molecule has 4 aromatic carbocycles. The molecule has 0 aromatic heterocycles. The maximum Gasteiger partial charge on any atom is 0.112 e. The summed E-state index contributed by atoms with van der Waals surface area (Å²) in [6.45, 7) is 4.47. The average molecular weight is 526 g/mol. The molecule has 0 fully saturated rings. The zero-order chi connectivity index (χ0) is 27.0. The minimum atomic E-state index is -0.324. The van der Waals surface area contributed by atoms with Crippen molar-refractivity contribution in [3.05, 3.63) is 144 Å². The maximum atomic E-state index is 6.59. The highest BCUT2D eigenvalue weighted by atomic mass is 16.6. The fourth-order valence-electron chi connectivity index (χ4n) is 4.34. The Balaban J connectivity index is 1.48. The van der Waals surface area contributed by atoms with Crippen LogP contribution < -0.4 is 5.48 Å². The Labute approximate surface area is 232 Å². The van der Waals surface area contributed by atoms with E-state index in [0.29, 0.717) is 33.0 Å². The first kappa shape index (κ1) is 28.7. The number of rotatable bonds is 17. The summed E-state index contributed by atoms with van der Waals surface area (Å²) in [5, 5.41) is 0. The van der Waals surface area contributed by atoms with Crippen molar-refractivity contribution in [2.75, 3.05) is 6.54 Å². The van der Waals surface area contributed by atoms with Gasteiger partial charge in [-0.25, -0.2) is 0 Å². The molecule has 0 unspecified atom stereocenters. The fourth-order valence-corrected chi connectivity index (χ4v) is 4.34. The number of hydrogen-bond acceptors (Lipinski definition) is 5. The number of hydroxylamine groups is 1. The molecule has 0 aliphatic heterocycles. The van der Waals surface area contributed by atoms with Gasteiger partial charge < -0.3 is 14.2 Å². The Morgan fingerprint density at radius 1 is 0.487 bits per heavy atom. The second kappa shape index (κ2) is 16.6.